The molecule has 0 aliphatic carbocycles. The smallest absolute Gasteiger partial charge is 0.330 e. The maximum Gasteiger partial charge on any atom is 0.330 e. The molecule has 4 nitrogen and oxygen atoms in total. The topological polar surface area (TPSA) is 63.6 Å². The molecule has 0 saturated carbocycles. The van der Waals surface area contributed by atoms with Gasteiger partial charge in [0.05, 0.1) is 6.61 Å². The molecule has 158 valence electrons. The van der Waals surface area contributed by atoms with Crippen LogP contribution in [0.2, 0.25) is 0 Å². The minimum absolute atomic E-state index is 0.302. The molecule has 0 aromatic carbocycles. The maximum atomic E-state index is 10.8. The third-order valence-electron chi connectivity index (χ3n) is 4.43. The van der Waals surface area contributed by atoms with E-state index in [9.17, 15) is 9.59 Å². The molecule has 0 spiro atoms. The van der Waals surface area contributed by atoms with Gasteiger partial charge >= 0.3 is 11.9 Å². The van der Waals surface area contributed by atoms with E-state index >= 15 is 0 Å². The van der Waals surface area contributed by atoms with E-state index < -0.39 is 5.97 Å². The van der Waals surface area contributed by atoms with Crippen molar-refractivity contribution < 1.29 is 19.4 Å². The molecule has 0 aromatic heterocycles. The molecular formula is C23H42O4. The van der Waals surface area contributed by atoms with Gasteiger partial charge in [-0.15, -0.1) is 0 Å². The highest BCUT2D eigenvalue weighted by atomic mass is 16.5. The van der Waals surface area contributed by atoms with Gasteiger partial charge in [0.2, 0.25) is 0 Å². The van der Waals surface area contributed by atoms with Gasteiger partial charge in [-0.3, -0.25) is 0 Å². The van der Waals surface area contributed by atoms with Crippen LogP contribution in [0, 0.1) is 0 Å². The van der Waals surface area contributed by atoms with Crippen LogP contribution in [0.3, 0.4) is 0 Å². The van der Waals surface area contributed by atoms with Crippen LogP contribution in [0.15, 0.2) is 24.3 Å². The summed E-state index contributed by atoms with van der Waals surface area (Å²) in [4.78, 5) is 20.7. The van der Waals surface area contributed by atoms with Crippen LogP contribution >= 0.6 is 0 Å². The third kappa shape index (κ3) is 24.4. The summed E-state index contributed by atoms with van der Waals surface area (Å²) in [6.45, 7) is 9.44. The highest BCUT2D eigenvalue weighted by Gasteiger charge is 1.96. The fourth-order valence-electron chi connectivity index (χ4n) is 2.47. The lowest BCUT2D eigenvalue weighted by Gasteiger charge is -2.03. The summed E-state index contributed by atoms with van der Waals surface area (Å²) in [7, 11) is 0. The number of carboxylic acids is 1. The summed E-state index contributed by atoms with van der Waals surface area (Å²) in [6.07, 6.45) is 20.1. The molecule has 0 aliphatic heterocycles. The molecule has 0 atom stereocenters. The van der Waals surface area contributed by atoms with Crippen molar-refractivity contribution in [3.63, 3.8) is 0 Å². The number of aliphatic carboxylic acids is 1. The fraction of sp³-hybridized carbons (Fsp3) is 0.739. The van der Waals surface area contributed by atoms with Gasteiger partial charge in [-0.1, -0.05) is 96.6 Å². The normalized spacial score (nSPS) is 10.7. The molecule has 0 unspecified atom stereocenters. The molecule has 4 heteroatoms. The van der Waals surface area contributed by atoms with Crippen molar-refractivity contribution in [3.8, 4) is 0 Å². The average Bonchev–Trinajstić information content (AvgIpc) is 2.67. The van der Waals surface area contributed by atoms with E-state index in [0.29, 0.717) is 12.2 Å². The molecule has 0 bridgehead atoms. The fourth-order valence-corrected chi connectivity index (χ4v) is 2.47. The third-order valence-corrected chi connectivity index (χ3v) is 4.43. The van der Waals surface area contributed by atoms with Crippen molar-refractivity contribution in [1.82, 2.24) is 0 Å². The molecule has 0 fully saturated rings. The van der Waals surface area contributed by atoms with Crippen LogP contribution in [0.5, 0.6) is 0 Å². The molecule has 1 N–H and O–H groups in total. The van der Waals surface area contributed by atoms with Crippen molar-refractivity contribution in [3.05, 3.63) is 24.3 Å². The first-order valence-electron chi connectivity index (χ1n) is 10.6. The number of rotatable bonds is 16. The van der Waals surface area contributed by atoms with Gasteiger partial charge in [0.1, 0.15) is 0 Å². The Hall–Kier alpha value is -1.58. The molecule has 0 saturated heterocycles. The number of carboxylic acid groups (broad SMARTS) is 1. The molecular weight excluding hydrogens is 340 g/mol. The van der Waals surface area contributed by atoms with Crippen LogP contribution in [0.25, 0.3) is 0 Å². The Balaban J connectivity index is 0. The van der Waals surface area contributed by atoms with Crippen LogP contribution in [0.4, 0.5) is 0 Å². The zero-order valence-electron chi connectivity index (χ0n) is 17.9. The highest BCUT2D eigenvalue weighted by Crippen LogP contribution is 2.12. The number of ether oxygens (including phenoxy) is 1. The summed E-state index contributed by atoms with van der Waals surface area (Å²) >= 11 is 0. The predicted octanol–water partition coefficient (Wildman–Crippen LogP) is 6.84. The van der Waals surface area contributed by atoms with Gasteiger partial charge in [-0.05, 0) is 20.3 Å². The molecule has 0 aromatic rings. The van der Waals surface area contributed by atoms with E-state index in [-0.39, 0.29) is 5.97 Å². The second-order valence-corrected chi connectivity index (χ2v) is 6.89. The first kappa shape index (κ1) is 27.6. The number of carbonyl (C=O) groups is 2. The number of esters is 1. The standard InChI is InChI=1S/C18H34O2.C5H8O2/c1-3-5-6-7-8-9-10-11-12-13-14-15-16-17-20-18(19)4-2;1-3-4(2)5(6)7/h4H,2-3,5-17H2,1H3;3H,1-2H3,(H,6,7). The van der Waals surface area contributed by atoms with Crippen LogP contribution in [-0.4, -0.2) is 23.7 Å². The average molecular weight is 383 g/mol. The van der Waals surface area contributed by atoms with Gasteiger partial charge in [0, 0.05) is 11.6 Å². The largest absolute Gasteiger partial charge is 0.478 e. The zero-order valence-corrected chi connectivity index (χ0v) is 17.9. The van der Waals surface area contributed by atoms with E-state index in [1.54, 1.807) is 19.9 Å². The summed E-state index contributed by atoms with van der Waals surface area (Å²) in [6, 6.07) is 0. The Bertz CT molecular complexity index is 399. The second kappa shape index (κ2) is 22.5. The second-order valence-electron chi connectivity index (χ2n) is 6.89. The number of allylic oxidation sites excluding steroid dienone is 1. The first-order chi connectivity index (χ1) is 13.0. The number of hydrogen-bond acceptors (Lipinski definition) is 3. The molecule has 0 heterocycles. The summed E-state index contributed by atoms with van der Waals surface area (Å²) < 4.78 is 4.93. The summed E-state index contributed by atoms with van der Waals surface area (Å²) in [5.74, 6) is -1.15. The van der Waals surface area contributed by atoms with Gasteiger partial charge in [0.25, 0.3) is 0 Å². The van der Waals surface area contributed by atoms with Crippen LogP contribution in [0.1, 0.15) is 104 Å². The van der Waals surface area contributed by atoms with Crippen molar-refractivity contribution in [2.24, 2.45) is 0 Å². The minimum Gasteiger partial charge on any atom is -0.478 e. The van der Waals surface area contributed by atoms with Crippen LogP contribution < -0.4 is 0 Å². The molecule has 27 heavy (non-hydrogen) atoms. The van der Waals surface area contributed by atoms with E-state index in [1.807, 2.05) is 0 Å². The molecule has 0 aliphatic rings. The predicted molar refractivity (Wildman–Crippen MR) is 114 cm³/mol. The van der Waals surface area contributed by atoms with Crippen LogP contribution in [-0.2, 0) is 14.3 Å². The summed E-state index contributed by atoms with van der Waals surface area (Å²) in [5.41, 5.74) is 0.389. The zero-order chi connectivity index (χ0) is 20.8. The van der Waals surface area contributed by atoms with Gasteiger partial charge in [-0.25, -0.2) is 9.59 Å². The Morgan fingerprint density at radius 1 is 0.852 bits per heavy atom. The first-order valence-corrected chi connectivity index (χ1v) is 10.6. The lowest BCUT2D eigenvalue weighted by Crippen LogP contribution is -2.01. The number of hydrogen-bond donors (Lipinski definition) is 1. The number of carbonyl (C=O) groups excluding carboxylic acids is 1. The highest BCUT2D eigenvalue weighted by molar-refractivity contribution is 5.85. The maximum absolute atomic E-state index is 10.8. The Morgan fingerprint density at radius 2 is 1.26 bits per heavy atom. The molecule has 0 radical (unpaired) electrons. The quantitative estimate of drug-likeness (QED) is 0.180. The molecule has 0 amide bonds. The summed E-state index contributed by atoms with van der Waals surface area (Å²) in [5, 5.41) is 8.11. The minimum atomic E-state index is -0.845. The monoisotopic (exact) mass is 382 g/mol. The van der Waals surface area contributed by atoms with Gasteiger partial charge < -0.3 is 9.84 Å². The van der Waals surface area contributed by atoms with E-state index in [0.717, 1.165) is 6.42 Å². The SMILES string of the molecule is C=CC(=O)OCCCCCCCCCCCCCCC.CC=C(C)C(=O)O. The van der Waals surface area contributed by atoms with E-state index in [1.165, 1.54) is 83.1 Å². The Morgan fingerprint density at radius 3 is 1.56 bits per heavy atom. The lowest BCUT2D eigenvalue weighted by molar-refractivity contribution is -0.138. The van der Waals surface area contributed by atoms with Gasteiger partial charge in [0.15, 0.2) is 0 Å². The Labute approximate surface area is 167 Å². The van der Waals surface area contributed by atoms with E-state index in [2.05, 4.69) is 13.5 Å². The van der Waals surface area contributed by atoms with E-state index in [4.69, 9.17) is 9.84 Å². The number of unbranched alkanes of at least 4 members (excludes halogenated alkanes) is 12. The van der Waals surface area contributed by atoms with Crippen molar-refractivity contribution in [1.29, 1.82) is 0 Å². The van der Waals surface area contributed by atoms with Gasteiger partial charge in [-0.2, -0.15) is 0 Å². The van der Waals surface area contributed by atoms with Crippen molar-refractivity contribution in [2.45, 2.75) is 104 Å². The Kier molecular flexibility index (Phi) is 23.0. The van der Waals surface area contributed by atoms with Crippen molar-refractivity contribution in [2.75, 3.05) is 6.61 Å². The molecule has 0 rings (SSSR count). The van der Waals surface area contributed by atoms with Crippen molar-refractivity contribution >= 4 is 11.9 Å². The lowest BCUT2D eigenvalue weighted by atomic mass is 10.0.